The van der Waals surface area contributed by atoms with Crippen molar-refractivity contribution in [3.8, 4) is 0 Å². The second-order valence-electron chi connectivity index (χ2n) is 6.53. The Balaban J connectivity index is 2.11. The van der Waals surface area contributed by atoms with Crippen LogP contribution >= 0.6 is 0 Å². The molecule has 106 valence electrons. The van der Waals surface area contributed by atoms with E-state index in [1.807, 2.05) is 0 Å². The Morgan fingerprint density at radius 2 is 1.78 bits per heavy atom. The standard InChI is InChI=1S/C15H28O3/c1-15(2,3)10-5-11-18-13-8-6-12(7-9-13)14(16)17-4/h12-13H,5-11H2,1-4H3. The summed E-state index contributed by atoms with van der Waals surface area (Å²) in [5, 5.41) is 0. The minimum absolute atomic E-state index is 0.0545. The third-order valence-electron chi connectivity index (χ3n) is 3.63. The summed E-state index contributed by atoms with van der Waals surface area (Å²) in [6.45, 7) is 7.63. The maximum absolute atomic E-state index is 11.4. The monoisotopic (exact) mass is 256 g/mol. The van der Waals surface area contributed by atoms with Gasteiger partial charge in [-0.3, -0.25) is 4.79 Å². The van der Waals surface area contributed by atoms with Crippen molar-refractivity contribution in [2.45, 2.75) is 65.4 Å². The smallest absolute Gasteiger partial charge is 0.308 e. The fourth-order valence-corrected chi connectivity index (χ4v) is 2.48. The molecule has 0 aromatic heterocycles. The van der Waals surface area contributed by atoms with Gasteiger partial charge < -0.3 is 9.47 Å². The minimum atomic E-state index is -0.0545. The van der Waals surface area contributed by atoms with E-state index in [1.165, 1.54) is 13.5 Å². The molecule has 1 rings (SSSR count). The number of carbonyl (C=O) groups excluding carboxylic acids is 1. The van der Waals surface area contributed by atoms with Crippen molar-refractivity contribution in [2.24, 2.45) is 11.3 Å². The molecule has 1 aliphatic carbocycles. The molecule has 0 aliphatic heterocycles. The summed E-state index contributed by atoms with van der Waals surface area (Å²) < 4.78 is 10.7. The molecular formula is C15H28O3. The van der Waals surface area contributed by atoms with Gasteiger partial charge >= 0.3 is 5.97 Å². The van der Waals surface area contributed by atoms with E-state index in [2.05, 4.69) is 20.8 Å². The summed E-state index contributed by atoms with van der Waals surface area (Å²) in [6.07, 6.45) is 6.49. The maximum Gasteiger partial charge on any atom is 0.308 e. The fraction of sp³-hybridized carbons (Fsp3) is 0.933. The Morgan fingerprint density at radius 3 is 2.28 bits per heavy atom. The molecule has 1 fully saturated rings. The first kappa shape index (κ1) is 15.5. The van der Waals surface area contributed by atoms with Crippen LogP contribution in [0, 0.1) is 11.3 Å². The zero-order chi connectivity index (χ0) is 13.6. The van der Waals surface area contributed by atoms with Crippen LogP contribution in [-0.2, 0) is 14.3 Å². The van der Waals surface area contributed by atoms with E-state index in [0.29, 0.717) is 11.5 Å². The van der Waals surface area contributed by atoms with Gasteiger partial charge in [0, 0.05) is 6.61 Å². The lowest BCUT2D eigenvalue weighted by molar-refractivity contribution is -0.147. The topological polar surface area (TPSA) is 35.5 Å². The highest BCUT2D eigenvalue weighted by atomic mass is 16.5. The van der Waals surface area contributed by atoms with Crippen molar-refractivity contribution >= 4 is 5.97 Å². The van der Waals surface area contributed by atoms with Gasteiger partial charge in [0.2, 0.25) is 0 Å². The highest BCUT2D eigenvalue weighted by molar-refractivity contribution is 5.72. The molecule has 3 heteroatoms. The maximum atomic E-state index is 11.4. The average molecular weight is 256 g/mol. The van der Waals surface area contributed by atoms with Crippen LogP contribution in [0.3, 0.4) is 0 Å². The van der Waals surface area contributed by atoms with Crippen LogP contribution in [0.15, 0.2) is 0 Å². The summed E-state index contributed by atoms with van der Waals surface area (Å²) in [5.41, 5.74) is 0.395. The second kappa shape index (κ2) is 7.13. The summed E-state index contributed by atoms with van der Waals surface area (Å²) in [6, 6.07) is 0. The van der Waals surface area contributed by atoms with Crippen LogP contribution in [-0.4, -0.2) is 25.8 Å². The summed E-state index contributed by atoms with van der Waals surface area (Å²) in [4.78, 5) is 11.4. The predicted molar refractivity (Wildman–Crippen MR) is 72.4 cm³/mol. The van der Waals surface area contributed by atoms with Crippen LogP contribution in [0.4, 0.5) is 0 Å². The second-order valence-corrected chi connectivity index (χ2v) is 6.53. The van der Waals surface area contributed by atoms with E-state index < -0.39 is 0 Å². The molecule has 3 nitrogen and oxygen atoms in total. The molecule has 0 bridgehead atoms. The molecule has 0 N–H and O–H groups in total. The Hall–Kier alpha value is -0.570. The highest BCUT2D eigenvalue weighted by Crippen LogP contribution is 2.27. The zero-order valence-corrected chi connectivity index (χ0v) is 12.3. The van der Waals surface area contributed by atoms with Crippen molar-refractivity contribution in [1.82, 2.24) is 0 Å². The third-order valence-corrected chi connectivity index (χ3v) is 3.63. The molecule has 0 radical (unpaired) electrons. The van der Waals surface area contributed by atoms with Gasteiger partial charge in [0.1, 0.15) is 0 Å². The van der Waals surface area contributed by atoms with Gasteiger partial charge in [0.15, 0.2) is 0 Å². The molecule has 0 spiro atoms. The molecule has 0 heterocycles. The van der Waals surface area contributed by atoms with E-state index in [-0.39, 0.29) is 11.9 Å². The lowest BCUT2D eigenvalue weighted by Crippen LogP contribution is -2.27. The first-order valence-electron chi connectivity index (χ1n) is 7.12. The van der Waals surface area contributed by atoms with E-state index in [0.717, 1.165) is 38.7 Å². The number of hydrogen-bond donors (Lipinski definition) is 0. The Labute approximate surface area is 111 Å². The quantitative estimate of drug-likeness (QED) is 0.557. The number of hydrogen-bond acceptors (Lipinski definition) is 3. The van der Waals surface area contributed by atoms with Crippen molar-refractivity contribution in [1.29, 1.82) is 0 Å². The molecule has 0 unspecified atom stereocenters. The molecule has 1 saturated carbocycles. The van der Waals surface area contributed by atoms with E-state index in [9.17, 15) is 4.79 Å². The molecule has 0 saturated heterocycles. The van der Waals surface area contributed by atoms with Gasteiger partial charge in [0.05, 0.1) is 19.1 Å². The summed E-state index contributed by atoms with van der Waals surface area (Å²) in [5.74, 6) is 0.0469. The molecule has 0 atom stereocenters. The lowest BCUT2D eigenvalue weighted by atomic mass is 9.87. The molecule has 0 amide bonds. The van der Waals surface area contributed by atoms with Crippen molar-refractivity contribution < 1.29 is 14.3 Å². The zero-order valence-electron chi connectivity index (χ0n) is 12.3. The van der Waals surface area contributed by atoms with Crippen LogP contribution in [0.1, 0.15) is 59.3 Å². The van der Waals surface area contributed by atoms with Gasteiger partial charge in [-0.25, -0.2) is 0 Å². The summed E-state index contributed by atoms with van der Waals surface area (Å²) >= 11 is 0. The molecular weight excluding hydrogens is 228 g/mol. The fourth-order valence-electron chi connectivity index (χ4n) is 2.48. The van der Waals surface area contributed by atoms with E-state index >= 15 is 0 Å². The predicted octanol–water partition coefficient (Wildman–Crippen LogP) is 3.56. The SMILES string of the molecule is COC(=O)C1CCC(OCCCC(C)(C)C)CC1. The molecule has 0 aromatic rings. The van der Waals surface area contributed by atoms with Crippen LogP contribution < -0.4 is 0 Å². The first-order chi connectivity index (χ1) is 8.42. The summed E-state index contributed by atoms with van der Waals surface area (Å²) in [7, 11) is 1.47. The highest BCUT2D eigenvalue weighted by Gasteiger charge is 2.27. The first-order valence-corrected chi connectivity index (χ1v) is 7.12. The Kier molecular flexibility index (Phi) is 6.13. The lowest BCUT2D eigenvalue weighted by Gasteiger charge is -2.27. The van der Waals surface area contributed by atoms with Gasteiger partial charge in [-0.15, -0.1) is 0 Å². The van der Waals surface area contributed by atoms with Gasteiger partial charge in [-0.1, -0.05) is 20.8 Å². The number of ether oxygens (including phenoxy) is 2. The normalized spacial score (nSPS) is 24.9. The van der Waals surface area contributed by atoms with Crippen molar-refractivity contribution in [2.75, 3.05) is 13.7 Å². The molecule has 0 aromatic carbocycles. The third kappa shape index (κ3) is 5.85. The van der Waals surface area contributed by atoms with E-state index in [4.69, 9.17) is 9.47 Å². The van der Waals surface area contributed by atoms with Gasteiger partial charge in [-0.2, -0.15) is 0 Å². The minimum Gasteiger partial charge on any atom is -0.469 e. The van der Waals surface area contributed by atoms with Gasteiger partial charge in [0.25, 0.3) is 0 Å². The largest absolute Gasteiger partial charge is 0.469 e. The molecule has 18 heavy (non-hydrogen) atoms. The molecule has 1 aliphatic rings. The number of methoxy groups -OCH3 is 1. The number of rotatable bonds is 5. The van der Waals surface area contributed by atoms with Crippen molar-refractivity contribution in [3.05, 3.63) is 0 Å². The Bertz CT molecular complexity index is 247. The number of carbonyl (C=O) groups is 1. The van der Waals surface area contributed by atoms with Gasteiger partial charge in [-0.05, 0) is 43.9 Å². The Morgan fingerprint density at radius 1 is 1.17 bits per heavy atom. The van der Waals surface area contributed by atoms with E-state index in [1.54, 1.807) is 0 Å². The average Bonchev–Trinajstić information content (AvgIpc) is 2.33. The van der Waals surface area contributed by atoms with Crippen LogP contribution in [0.2, 0.25) is 0 Å². The van der Waals surface area contributed by atoms with Crippen LogP contribution in [0.5, 0.6) is 0 Å². The number of esters is 1. The van der Waals surface area contributed by atoms with Crippen LogP contribution in [0.25, 0.3) is 0 Å². The van der Waals surface area contributed by atoms with Crippen molar-refractivity contribution in [3.63, 3.8) is 0 Å².